The first kappa shape index (κ1) is 12.4. The van der Waals surface area contributed by atoms with Gasteiger partial charge in [0.05, 0.1) is 0 Å². The van der Waals surface area contributed by atoms with Gasteiger partial charge in [-0.05, 0) is 29.8 Å². The largest absolute Gasteiger partial charge is 0.508 e. The Morgan fingerprint density at radius 3 is 2.65 bits per heavy atom. The molecule has 5 heteroatoms. The molecule has 0 atom stereocenters. The zero-order chi connectivity index (χ0) is 13.9. The molecule has 0 bridgehead atoms. The first-order valence-corrected chi connectivity index (χ1v) is 6.19. The third-order valence-electron chi connectivity index (χ3n) is 2.94. The lowest BCUT2D eigenvalue weighted by atomic mass is 10.1. The number of rotatable bonds is 3. The quantitative estimate of drug-likeness (QED) is 0.761. The van der Waals surface area contributed by atoms with Gasteiger partial charge in [-0.2, -0.15) is 4.98 Å². The van der Waals surface area contributed by atoms with Gasteiger partial charge in [-0.1, -0.05) is 29.4 Å². The number of phenolic OH excluding ortho intramolecular Hbond substituents is 1. The Morgan fingerprint density at radius 1 is 1.05 bits per heavy atom. The fourth-order valence-corrected chi connectivity index (χ4v) is 1.93. The molecule has 0 saturated heterocycles. The summed E-state index contributed by atoms with van der Waals surface area (Å²) in [6.45, 7) is 0.460. The third kappa shape index (κ3) is 2.39. The number of nitrogens with two attached hydrogens (primary N) is 1. The molecule has 0 unspecified atom stereocenters. The van der Waals surface area contributed by atoms with Gasteiger partial charge in [-0.15, -0.1) is 0 Å². The van der Waals surface area contributed by atoms with Crippen LogP contribution in [0.4, 0.5) is 0 Å². The van der Waals surface area contributed by atoms with Crippen molar-refractivity contribution in [1.82, 2.24) is 10.1 Å². The summed E-state index contributed by atoms with van der Waals surface area (Å²) in [6, 6.07) is 14.4. The maximum absolute atomic E-state index is 9.47. The second-order valence-electron chi connectivity index (χ2n) is 4.38. The molecular formula is C15H13N3O2. The minimum atomic E-state index is 0.166. The van der Waals surface area contributed by atoms with Gasteiger partial charge in [0.25, 0.3) is 5.89 Å². The van der Waals surface area contributed by atoms with Gasteiger partial charge in [0.1, 0.15) is 5.75 Å². The van der Waals surface area contributed by atoms with E-state index in [1.165, 1.54) is 0 Å². The molecule has 0 radical (unpaired) electrons. The van der Waals surface area contributed by atoms with Crippen LogP contribution in [-0.2, 0) is 6.54 Å². The zero-order valence-corrected chi connectivity index (χ0v) is 10.7. The second-order valence-corrected chi connectivity index (χ2v) is 4.38. The van der Waals surface area contributed by atoms with Crippen LogP contribution in [0, 0.1) is 0 Å². The predicted molar refractivity (Wildman–Crippen MR) is 74.7 cm³/mol. The van der Waals surface area contributed by atoms with Gasteiger partial charge < -0.3 is 15.4 Å². The lowest BCUT2D eigenvalue weighted by Gasteiger charge is -1.98. The van der Waals surface area contributed by atoms with E-state index < -0.39 is 0 Å². The second kappa shape index (κ2) is 5.14. The van der Waals surface area contributed by atoms with Gasteiger partial charge in [-0.25, -0.2) is 0 Å². The Bertz CT molecular complexity index is 737. The van der Waals surface area contributed by atoms with Crippen LogP contribution in [0.3, 0.4) is 0 Å². The van der Waals surface area contributed by atoms with E-state index in [9.17, 15) is 5.11 Å². The number of nitrogens with zero attached hydrogens (tertiary/aromatic N) is 2. The first-order valence-electron chi connectivity index (χ1n) is 6.19. The molecule has 0 aliphatic carbocycles. The molecule has 3 aromatic rings. The number of hydrogen-bond donors (Lipinski definition) is 2. The lowest BCUT2D eigenvalue weighted by molar-refractivity contribution is 0.432. The minimum Gasteiger partial charge on any atom is -0.508 e. The molecule has 3 N–H and O–H groups in total. The summed E-state index contributed by atoms with van der Waals surface area (Å²) in [6.07, 6.45) is 0. The molecule has 0 saturated carbocycles. The smallest absolute Gasteiger partial charge is 0.258 e. The number of phenols is 1. The average molecular weight is 267 g/mol. The SMILES string of the molecule is NCc1cccc(-c2nc(-c3cccc(O)c3)no2)c1. The van der Waals surface area contributed by atoms with Crippen molar-refractivity contribution in [3.8, 4) is 28.6 Å². The van der Waals surface area contributed by atoms with Gasteiger partial charge in [-0.3, -0.25) is 0 Å². The molecule has 0 aliphatic heterocycles. The average Bonchev–Trinajstić information content (AvgIpc) is 2.97. The van der Waals surface area contributed by atoms with E-state index in [-0.39, 0.29) is 5.75 Å². The van der Waals surface area contributed by atoms with Crippen LogP contribution in [0.2, 0.25) is 0 Å². The highest BCUT2D eigenvalue weighted by Gasteiger charge is 2.11. The van der Waals surface area contributed by atoms with E-state index in [4.69, 9.17) is 10.3 Å². The van der Waals surface area contributed by atoms with E-state index in [0.717, 1.165) is 11.1 Å². The van der Waals surface area contributed by atoms with Crippen molar-refractivity contribution in [3.63, 3.8) is 0 Å². The van der Waals surface area contributed by atoms with Crippen molar-refractivity contribution in [3.05, 3.63) is 54.1 Å². The Kier molecular flexibility index (Phi) is 3.18. The molecule has 0 amide bonds. The van der Waals surface area contributed by atoms with Crippen LogP contribution >= 0.6 is 0 Å². The highest BCUT2D eigenvalue weighted by atomic mass is 16.5. The highest BCUT2D eigenvalue weighted by Crippen LogP contribution is 2.24. The molecule has 100 valence electrons. The number of aromatic nitrogens is 2. The fraction of sp³-hybridized carbons (Fsp3) is 0.0667. The molecule has 20 heavy (non-hydrogen) atoms. The summed E-state index contributed by atoms with van der Waals surface area (Å²) in [5, 5.41) is 13.4. The number of benzene rings is 2. The van der Waals surface area contributed by atoms with Crippen molar-refractivity contribution in [2.75, 3.05) is 0 Å². The van der Waals surface area contributed by atoms with Crippen LogP contribution in [0.25, 0.3) is 22.8 Å². The summed E-state index contributed by atoms with van der Waals surface area (Å²) in [5.41, 5.74) is 8.14. The summed E-state index contributed by atoms with van der Waals surface area (Å²) in [5.74, 6) is 1.03. The monoisotopic (exact) mass is 267 g/mol. The lowest BCUT2D eigenvalue weighted by Crippen LogP contribution is -1.95. The van der Waals surface area contributed by atoms with Gasteiger partial charge in [0.2, 0.25) is 5.82 Å². The molecule has 5 nitrogen and oxygen atoms in total. The van der Waals surface area contributed by atoms with Crippen LogP contribution < -0.4 is 5.73 Å². The molecule has 0 spiro atoms. The van der Waals surface area contributed by atoms with Crippen molar-refractivity contribution >= 4 is 0 Å². The molecule has 3 rings (SSSR count). The standard InChI is InChI=1S/C15H13N3O2/c16-9-10-3-1-5-12(7-10)15-17-14(18-20-15)11-4-2-6-13(19)8-11/h1-8,19H,9,16H2. The van der Waals surface area contributed by atoms with E-state index in [1.807, 2.05) is 30.3 Å². The summed E-state index contributed by atoms with van der Waals surface area (Å²) >= 11 is 0. The van der Waals surface area contributed by atoms with E-state index in [2.05, 4.69) is 10.1 Å². The maximum atomic E-state index is 9.47. The van der Waals surface area contributed by atoms with Crippen LogP contribution in [-0.4, -0.2) is 15.2 Å². The zero-order valence-electron chi connectivity index (χ0n) is 10.7. The molecule has 1 aromatic heterocycles. The van der Waals surface area contributed by atoms with Gasteiger partial charge in [0.15, 0.2) is 0 Å². The van der Waals surface area contributed by atoms with Crippen molar-refractivity contribution in [2.45, 2.75) is 6.54 Å². The Hall–Kier alpha value is -2.66. The minimum absolute atomic E-state index is 0.166. The Morgan fingerprint density at radius 2 is 1.85 bits per heavy atom. The van der Waals surface area contributed by atoms with Gasteiger partial charge >= 0.3 is 0 Å². The Balaban J connectivity index is 1.97. The Labute approximate surface area is 115 Å². The summed E-state index contributed by atoms with van der Waals surface area (Å²) in [7, 11) is 0. The van der Waals surface area contributed by atoms with Crippen molar-refractivity contribution < 1.29 is 9.63 Å². The van der Waals surface area contributed by atoms with Crippen molar-refractivity contribution in [2.24, 2.45) is 5.73 Å². The van der Waals surface area contributed by atoms with E-state index in [1.54, 1.807) is 18.2 Å². The maximum Gasteiger partial charge on any atom is 0.258 e. The summed E-state index contributed by atoms with van der Waals surface area (Å²) < 4.78 is 5.26. The highest BCUT2D eigenvalue weighted by molar-refractivity contribution is 5.61. The number of hydrogen-bond acceptors (Lipinski definition) is 5. The summed E-state index contributed by atoms with van der Waals surface area (Å²) in [4.78, 5) is 4.34. The number of aromatic hydroxyl groups is 1. The van der Waals surface area contributed by atoms with Crippen LogP contribution in [0.5, 0.6) is 5.75 Å². The first-order chi connectivity index (χ1) is 9.76. The molecule has 0 aliphatic rings. The third-order valence-corrected chi connectivity index (χ3v) is 2.94. The van der Waals surface area contributed by atoms with Crippen molar-refractivity contribution in [1.29, 1.82) is 0 Å². The molecular weight excluding hydrogens is 254 g/mol. The van der Waals surface area contributed by atoms with Crippen LogP contribution in [0.1, 0.15) is 5.56 Å². The van der Waals surface area contributed by atoms with Crippen LogP contribution in [0.15, 0.2) is 53.1 Å². The normalized spacial score (nSPS) is 10.7. The molecule has 1 heterocycles. The van der Waals surface area contributed by atoms with E-state index in [0.29, 0.717) is 23.8 Å². The van der Waals surface area contributed by atoms with Gasteiger partial charge in [0, 0.05) is 17.7 Å². The molecule has 0 fully saturated rings. The topological polar surface area (TPSA) is 85.2 Å². The fourth-order valence-electron chi connectivity index (χ4n) is 1.93. The predicted octanol–water partition coefficient (Wildman–Crippen LogP) is 2.57. The van der Waals surface area contributed by atoms with E-state index >= 15 is 0 Å². The molecule has 2 aromatic carbocycles.